The van der Waals surface area contributed by atoms with Crippen LogP contribution in [0.4, 0.5) is 5.95 Å². The van der Waals surface area contributed by atoms with Gasteiger partial charge in [-0.25, -0.2) is 0 Å². The Balaban J connectivity index is 1.56. The average molecular weight is 442 g/mol. The van der Waals surface area contributed by atoms with Gasteiger partial charge in [0.1, 0.15) is 0 Å². The third-order valence-corrected chi connectivity index (χ3v) is 5.60. The summed E-state index contributed by atoms with van der Waals surface area (Å²) in [5.41, 5.74) is 0.686. The Kier molecular flexibility index (Phi) is 6.83. The second-order valence-corrected chi connectivity index (χ2v) is 7.82. The van der Waals surface area contributed by atoms with Gasteiger partial charge in [-0.3, -0.25) is 0 Å². The summed E-state index contributed by atoms with van der Waals surface area (Å²) < 4.78 is 6.17. The summed E-state index contributed by atoms with van der Waals surface area (Å²) in [5, 5.41) is 12.2. The normalized spacial score (nSPS) is 14.4. The predicted octanol–water partition coefficient (Wildman–Crippen LogP) is 0.0468. The van der Waals surface area contributed by atoms with Crippen LogP contribution in [-0.2, 0) is 0 Å². The van der Waals surface area contributed by atoms with Gasteiger partial charge in [-0.1, -0.05) is 0 Å². The molecule has 2 aromatic heterocycles. The second-order valence-electron chi connectivity index (χ2n) is 6.51. The van der Waals surface area contributed by atoms with Crippen molar-refractivity contribution in [2.24, 2.45) is 5.92 Å². The van der Waals surface area contributed by atoms with Crippen molar-refractivity contribution < 1.29 is 9.53 Å². The van der Waals surface area contributed by atoms with E-state index in [1.807, 2.05) is 13.0 Å². The fraction of sp³-hybridized carbons (Fsp3) is 0.421. The van der Waals surface area contributed by atoms with Gasteiger partial charge >= 0.3 is 154 Å². The first kappa shape index (κ1) is 20.1. The number of carbonyl (C=O) groups is 1. The Morgan fingerprint density at radius 2 is 2.11 bits per heavy atom. The van der Waals surface area contributed by atoms with Crippen LogP contribution in [0.3, 0.4) is 0 Å². The van der Waals surface area contributed by atoms with Crippen LogP contribution in [0.1, 0.15) is 35.8 Å². The van der Waals surface area contributed by atoms with E-state index >= 15 is 0 Å². The van der Waals surface area contributed by atoms with E-state index in [9.17, 15) is 10.1 Å². The van der Waals surface area contributed by atoms with Crippen LogP contribution in [-0.4, -0.2) is 64.0 Å². The Hall–Kier alpha value is -2.65. The summed E-state index contributed by atoms with van der Waals surface area (Å²) in [7, 11) is 0. The minimum atomic E-state index is -0.238. The van der Waals surface area contributed by atoms with E-state index in [0.29, 0.717) is 24.6 Å². The van der Waals surface area contributed by atoms with Gasteiger partial charge in [0.05, 0.1) is 0 Å². The molecule has 0 aromatic carbocycles. The van der Waals surface area contributed by atoms with E-state index in [1.165, 1.54) is 16.9 Å². The van der Waals surface area contributed by atoms with E-state index in [0.717, 1.165) is 36.2 Å². The van der Waals surface area contributed by atoms with Crippen molar-refractivity contribution in [3.05, 3.63) is 35.8 Å². The molecule has 1 aliphatic heterocycles. The fourth-order valence-electron chi connectivity index (χ4n) is 3.13. The summed E-state index contributed by atoms with van der Waals surface area (Å²) in [4.78, 5) is 27.5. The molecule has 0 spiro atoms. The van der Waals surface area contributed by atoms with E-state index in [2.05, 4.69) is 31.2 Å². The Morgan fingerprint density at radius 3 is 2.75 bits per heavy atom. The molecular formula is C19H23AsN6O2. The monoisotopic (exact) mass is 442 g/mol. The maximum atomic E-state index is 12.5. The van der Waals surface area contributed by atoms with E-state index < -0.39 is 0 Å². The van der Waals surface area contributed by atoms with Crippen LogP contribution in [0.2, 0.25) is 0 Å². The van der Waals surface area contributed by atoms with Crippen LogP contribution < -0.4 is 19.3 Å². The molecule has 0 bridgehead atoms. The quantitative estimate of drug-likeness (QED) is 0.631. The van der Waals surface area contributed by atoms with Gasteiger partial charge in [0.15, 0.2) is 0 Å². The molecule has 1 atom stereocenters. The second kappa shape index (κ2) is 9.52. The number of hydrogen-bond acceptors (Lipinski definition) is 7. The molecule has 0 aliphatic carbocycles. The molecular weight excluding hydrogens is 419 g/mol. The molecule has 3 heterocycles. The molecule has 1 fully saturated rings. The molecule has 0 radical (unpaired) electrons. The maximum absolute atomic E-state index is 12.5. The van der Waals surface area contributed by atoms with Gasteiger partial charge in [-0.15, -0.1) is 0 Å². The third kappa shape index (κ3) is 4.79. The number of hydrogen-bond donors (Lipinski definition) is 1. The molecule has 3 rings (SSSR count). The zero-order chi connectivity index (χ0) is 19.9. The van der Waals surface area contributed by atoms with E-state index in [4.69, 9.17) is 4.74 Å². The van der Waals surface area contributed by atoms with Crippen LogP contribution in [0.25, 0.3) is 0 Å². The number of ether oxygens (including phenoxy) is 1. The molecule has 0 saturated carbocycles. The number of nitriles is 1. The van der Waals surface area contributed by atoms with Gasteiger partial charge in [0, 0.05) is 12.4 Å². The van der Waals surface area contributed by atoms with Gasteiger partial charge in [-0.05, 0) is 6.07 Å². The summed E-state index contributed by atoms with van der Waals surface area (Å²) in [5.74, 6) is 1.15. The van der Waals surface area contributed by atoms with Crippen LogP contribution in [0.5, 0.6) is 5.88 Å². The number of amides is 1. The summed E-state index contributed by atoms with van der Waals surface area (Å²) in [6, 6.07) is 5.56. The number of pyridine rings is 1. The number of aromatic nitrogens is 3. The van der Waals surface area contributed by atoms with Gasteiger partial charge in [-0.2, -0.15) is 0 Å². The van der Waals surface area contributed by atoms with Crippen LogP contribution >= 0.6 is 0 Å². The number of piperidine rings is 1. The van der Waals surface area contributed by atoms with Crippen LogP contribution in [0.15, 0.2) is 24.5 Å². The first-order valence-corrected chi connectivity index (χ1v) is 10.5. The SMILES string of the molecule is CCOc1nc(C(=O)NCC2CCN(c3ncccn3)CC2)cc([AsH2])c1C#N. The Morgan fingerprint density at radius 1 is 1.39 bits per heavy atom. The number of rotatable bonds is 6. The molecule has 1 N–H and O–H groups in total. The molecule has 1 unspecified atom stereocenters. The first-order valence-electron chi connectivity index (χ1n) is 9.26. The Labute approximate surface area is 172 Å². The standard InChI is InChI=1S/C19H23AsN6O2/c1-2-28-18-14(11-21)15(20)10-16(25-18)17(27)24-12-13-4-8-26(9-5-13)19-22-6-3-7-23-19/h3,6-7,10,13H,2,4-5,8-9,12,20H2,1H3,(H,24,27). The van der Waals surface area contributed by atoms with Crippen molar-refractivity contribution in [2.75, 3.05) is 31.1 Å². The minimum absolute atomic E-state index is 0.230. The Bertz CT molecular complexity index is 863. The van der Waals surface area contributed by atoms with Crippen molar-refractivity contribution in [1.82, 2.24) is 20.3 Å². The van der Waals surface area contributed by atoms with Crippen molar-refractivity contribution in [3.63, 3.8) is 0 Å². The first-order chi connectivity index (χ1) is 13.6. The molecule has 2 aromatic rings. The van der Waals surface area contributed by atoms with Gasteiger partial charge < -0.3 is 0 Å². The molecule has 8 nitrogen and oxygen atoms in total. The molecule has 1 saturated heterocycles. The zero-order valence-corrected chi connectivity index (χ0v) is 18.2. The molecule has 28 heavy (non-hydrogen) atoms. The van der Waals surface area contributed by atoms with Gasteiger partial charge in [0.2, 0.25) is 0 Å². The van der Waals surface area contributed by atoms with Gasteiger partial charge in [0.25, 0.3) is 0 Å². The third-order valence-electron chi connectivity index (χ3n) is 4.64. The summed E-state index contributed by atoms with van der Waals surface area (Å²) in [6.45, 7) is 4.55. The number of nitrogens with zero attached hydrogens (tertiary/aromatic N) is 5. The van der Waals surface area contributed by atoms with Crippen molar-refractivity contribution in [1.29, 1.82) is 5.26 Å². The fourth-order valence-corrected chi connectivity index (χ4v) is 3.86. The predicted molar refractivity (Wildman–Crippen MR) is 108 cm³/mol. The van der Waals surface area contributed by atoms with E-state index in [-0.39, 0.29) is 17.5 Å². The van der Waals surface area contributed by atoms with Crippen LogP contribution in [0, 0.1) is 17.2 Å². The molecule has 9 heteroatoms. The van der Waals surface area contributed by atoms with Crippen molar-refractivity contribution in [2.45, 2.75) is 19.8 Å². The molecule has 1 amide bonds. The summed E-state index contributed by atoms with van der Waals surface area (Å²) >= 11 is 1.27. The molecule has 146 valence electrons. The topological polar surface area (TPSA) is 104 Å². The average Bonchev–Trinajstić information content (AvgIpc) is 2.73. The zero-order valence-electron chi connectivity index (χ0n) is 15.8. The van der Waals surface area contributed by atoms with Crippen molar-refractivity contribution >= 4 is 33.1 Å². The van der Waals surface area contributed by atoms with Crippen molar-refractivity contribution in [3.8, 4) is 11.9 Å². The van der Waals surface area contributed by atoms with E-state index in [1.54, 1.807) is 18.5 Å². The number of anilines is 1. The number of nitrogens with one attached hydrogen (secondary N) is 1. The summed E-state index contributed by atoms with van der Waals surface area (Å²) in [6.07, 6.45) is 5.43. The molecule has 1 aliphatic rings. The number of carbonyl (C=O) groups excluding carboxylic acids is 1.